The van der Waals surface area contributed by atoms with Crippen molar-refractivity contribution in [1.29, 1.82) is 0 Å². The Morgan fingerprint density at radius 1 is 0.330 bits per heavy atom. The van der Waals surface area contributed by atoms with Crippen LogP contribution in [-0.2, 0) is 73.3 Å². The highest BCUT2D eigenvalue weighted by molar-refractivity contribution is 7.88. The van der Waals surface area contributed by atoms with E-state index in [0.717, 1.165) is 77.0 Å². The average molecular weight is 1310 g/mol. The summed E-state index contributed by atoms with van der Waals surface area (Å²) >= 11 is 0. The molecule has 0 spiro atoms. The molecule has 9 N–H and O–H groups in total. The fourth-order valence-corrected chi connectivity index (χ4v) is 13.1. The lowest BCUT2D eigenvalue weighted by Gasteiger charge is -2.22. The van der Waals surface area contributed by atoms with Crippen molar-refractivity contribution in [2.24, 2.45) is 53.3 Å². The zero-order valence-electron chi connectivity index (χ0n) is 49.3. The molecule has 6 amide bonds. The van der Waals surface area contributed by atoms with Crippen molar-refractivity contribution in [1.82, 2.24) is 49.2 Å². The van der Waals surface area contributed by atoms with Crippen LogP contribution in [0.1, 0.15) is 77.0 Å². The minimum absolute atomic E-state index is 0.0548. The third kappa shape index (κ3) is 28.6. The molecule has 0 aromatic rings. The first-order chi connectivity index (χ1) is 42.4. The summed E-state index contributed by atoms with van der Waals surface area (Å²) < 4.78 is 133. The van der Waals surface area contributed by atoms with Gasteiger partial charge in [-0.2, -0.15) is 39.4 Å². The third-order valence-corrected chi connectivity index (χ3v) is 18.5. The number of rotatable bonds is 39. The lowest BCUT2D eigenvalue weighted by atomic mass is 10.1. The average Bonchev–Trinajstić information content (AvgIpc) is 4.46. The van der Waals surface area contributed by atoms with E-state index in [1.807, 2.05) is 14.2 Å². The number of hydrogen-bond acceptors (Lipinski definition) is 22. The molecule has 0 saturated heterocycles. The highest BCUT2D eigenvalue weighted by atomic mass is 32.2. The van der Waals surface area contributed by atoms with Crippen LogP contribution in [-0.4, -0.2) is 205 Å². The van der Waals surface area contributed by atoms with E-state index in [1.165, 1.54) is 0 Å². The number of nitrogens with zero attached hydrogens (tertiary/aromatic N) is 1. The molecule has 0 radical (unpaired) electrons. The van der Waals surface area contributed by atoms with Gasteiger partial charge in [-0.1, -0.05) is 0 Å². The Morgan fingerprint density at radius 3 is 0.830 bits per heavy atom. The maximum Gasteiger partial charge on any atom is 0.421 e. The normalized spacial score (nSPS) is 23.1. The highest BCUT2D eigenvalue weighted by Crippen LogP contribution is 2.54. The Morgan fingerprint density at radius 2 is 0.580 bits per heavy atom. The van der Waals surface area contributed by atoms with Crippen molar-refractivity contribution in [3.8, 4) is 35.5 Å². The van der Waals surface area contributed by atoms with Gasteiger partial charge in [0.05, 0.1) is 59.5 Å². The molecule has 494 valence electrons. The number of hydrogen-bond donors (Lipinski definition) is 9. The zero-order valence-corrected chi connectivity index (χ0v) is 51.7. The van der Waals surface area contributed by atoms with Gasteiger partial charge in [-0.15, -0.1) is 35.5 Å². The van der Waals surface area contributed by atoms with Crippen LogP contribution >= 0.6 is 0 Å². The van der Waals surface area contributed by atoms with Gasteiger partial charge in [-0.25, -0.2) is 42.9 Å². The molecule has 34 heteroatoms. The van der Waals surface area contributed by atoms with Gasteiger partial charge in [0.15, 0.2) is 0 Å². The number of ether oxygens (including phenoxy) is 9. The summed E-state index contributed by atoms with van der Waals surface area (Å²) in [5.74, 6) is 21.8. The van der Waals surface area contributed by atoms with Crippen LogP contribution in [0.4, 0.5) is 28.8 Å². The Labute approximate surface area is 514 Å². The predicted molar refractivity (Wildman–Crippen MR) is 311 cm³/mol. The van der Waals surface area contributed by atoms with Crippen molar-refractivity contribution in [3.63, 3.8) is 0 Å². The van der Waals surface area contributed by atoms with Gasteiger partial charge in [0.2, 0.25) is 0 Å². The summed E-state index contributed by atoms with van der Waals surface area (Å²) in [7, 11) is -12.7. The molecule has 88 heavy (non-hydrogen) atoms. The maximum absolute atomic E-state index is 12.4. The first-order valence-electron chi connectivity index (χ1n) is 29.8. The molecule has 0 heterocycles. The van der Waals surface area contributed by atoms with E-state index in [2.05, 4.69) is 65.6 Å². The smallest absolute Gasteiger partial charge is 0.421 e. The van der Waals surface area contributed by atoms with Crippen molar-refractivity contribution < 1.29 is 96.7 Å². The maximum atomic E-state index is 12.4. The molecule has 0 aromatic carbocycles. The van der Waals surface area contributed by atoms with E-state index in [4.69, 9.17) is 42.6 Å². The summed E-state index contributed by atoms with van der Waals surface area (Å²) in [4.78, 5) is 75.6. The molecule has 6 rings (SSSR count). The molecule has 6 aliphatic rings. The van der Waals surface area contributed by atoms with Crippen LogP contribution in [0.5, 0.6) is 0 Å². The second-order valence-corrected chi connectivity index (χ2v) is 25.9. The van der Waals surface area contributed by atoms with E-state index in [9.17, 15) is 54.0 Å². The quantitative estimate of drug-likeness (QED) is 0.0230. The van der Waals surface area contributed by atoms with Gasteiger partial charge < -0.3 is 58.6 Å². The molecule has 0 bridgehead atoms. The standard InChI is InChI=1S/C54H84N10O21S3/c65-49(80-34-31-77-28-22-58-86(71,72)61-52(68)83-37-46-40-13-7-1-2-8-14-41(40)46)55-19-25-64(26-20-56-50(66)81-35-32-78-29-23-59-87(73,74)62-53(69)84-38-47-42-15-9-3-4-10-16-43(42)47)27-21-57-51(67)82-36-33-79-30-24-60-88(75,76)63-54(70)85-39-48-44-17-11-5-6-12-18-45(44)48/h40-48,58-60H,7-39H2,(H,55,65)(H,56,66)(H,57,67)(H,61,68)(H,62,69)(H,63,70)/t40-,41+,42-,43+,44-,45+,46-,47-,48-. The largest absolute Gasteiger partial charge is 0.449 e. The first kappa shape index (κ1) is 71.0. The summed E-state index contributed by atoms with van der Waals surface area (Å²) in [6.45, 7) is -0.557. The minimum atomic E-state index is -4.22. The van der Waals surface area contributed by atoms with Crippen molar-refractivity contribution in [2.45, 2.75) is 77.0 Å². The number of carbonyl (C=O) groups excluding carboxylic acids is 6. The van der Waals surface area contributed by atoms with Crippen LogP contribution in [0.15, 0.2) is 0 Å². The molecule has 0 aromatic heterocycles. The van der Waals surface area contributed by atoms with Crippen LogP contribution in [0.2, 0.25) is 0 Å². The molecule has 31 nitrogen and oxygen atoms in total. The van der Waals surface area contributed by atoms with E-state index >= 15 is 0 Å². The van der Waals surface area contributed by atoms with Crippen molar-refractivity contribution in [3.05, 3.63) is 0 Å². The van der Waals surface area contributed by atoms with Crippen molar-refractivity contribution >= 4 is 67.2 Å². The van der Waals surface area contributed by atoms with E-state index in [0.29, 0.717) is 35.5 Å². The van der Waals surface area contributed by atoms with E-state index in [-0.39, 0.29) is 156 Å². The fraction of sp³-hybridized carbons (Fsp3) is 0.778. The molecule has 3 fully saturated rings. The topological polar surface area (TPSA) is 399 Å². The number of nitrogens with one attached hydrogen (secondary N) is 9. The Balaban J connectivity index is 0.793. The van der Waals surface area contributed by atoms with Gasteiger partial charge in [-0.3, -0.25) is 4.90 Å². The lowest BCUT2D eigenvalue weighted by molar-refractivity contribution is 0.0741. The van der Waals surface area contributed by atoms with E-state index in [1.54, 1.807) is 4.90 Å². The minimum Gasteiger partial charge on any atom is -0.449 e. The lowest BCUT2D eigenvalue weighted by Crippen LogP contribution is -2.43. The number of fused-ring (bicyclic) bond motifs is 3. The van der Waals surface area contributed by atoms with Gasteiger partial charge in [-0.05, 0) is 91.8 Å². The zero-order chi connectivity index (χ0) is 63.0. The molecule has 0 unspecified atom stereocenters. The summed E-state index contributed by atoms with van der Waals surface area (Å²) in [6.07, 6.45) is 4.74. The molecule has 3 saturated carbocycles. The fourth-order valence-electron chi connectivity index (χ4n) is 11.0. The second-order valence-electron chi connectivity index (χ2n) is 21.4. The SMILES string of the molecule is O=C(NCCN(CCNC(=O)OCCOCCNS(=O)(=O)NC(=O)OC[C@@H]1[C@@H]2CCC#CCC[C@@H]21)CCNC(=O)OCCOCCNS(=O)(=O)NC(=O)OC[C@@H]1[C@@H]2CCC#CCC[C@@H]21)OCCOCCNS(=O)(=O)NC(=O)OC[C@@H]1[C@@H]2CCC#CCC[C@@H]21. The number of alkyl carbamates (subject to hydrolysis) is 3. The first-order valence-corrected chi connectivity index (χ1v) is 34.2. The highest BCUT2D eigenvalue weighted by Gasteiger charge is 2.51. The van der Waals surface area contributed by atoms with Crippen LogP contribution in [0.3, 0.4) is 0 Å². The van der Waals surface area contributed by atoms with Gasteiger partial charge in [0, 0.05) is 97.4 Å². The van der Waals surface area contributed by atoms with Gasteiger partial charge in [0.1, 0.15) is 19.8 Å². The number of carbonyl (C=O) groups is 6. The molecule has 6 aliphatic carbocycles. The van der Waals surface area contributed by atoms with E-state index < -0.39 is 67.2 Å². The van der Waals surface area contributed by atoms with Gasteiger partial charge >= 0.3 is 67.2 Å². The molecule has 9 atom stereocenters. The summed E-state index contributed by atoms with van der Waals surface area (Å²) in [5, 5.41) is 7.73. The molecule has 0 aliphatic heterocycles. The van der Waals surface area contributed by atoms with Crippen LogP contribution in [0.25, 0.3) is 0 Å². The van der Waals surface area contributed by atoms with Crippen LogP contribution < -0.4 is 44.3 Å². The monoisotopic (exact) mass is 1300 g/mol. The van der Waals surface area contributed by atoms with Gasteiger partial charge in [0.25, 0.3) is 0 Å². The Bertz CT molecular complexity index is 2490. The number of amides is 6. The summed E-state index contributed by atoms with van der Waals surface area (Å²) in [5.41, 5.74) is 0. The third-order valence-electron chi connectivity index (χ3n) is 15.5. The molecular formula is C54H84N10O21S3. The van der Waals surface area contributed by atoms with Crippen molar-refractivity contribution in [2.75, 3.05) is 138 Å². The van der Waals surface area contributed by atoms with Crippen LogP contribution in [0, 0.1) is 88.8 Å². The summed E-state index contributed by atoms with van der Waals surface area (Å²) in [6, 6.07) is 0. The second kappa shape index (κ2) is 37.8. The Hall–Kier alpha value is -6.13. The Kier molecular flexibility index (Phi) is 30.5. The molecular weight excluding hydrogens is 1220 g/mol. The predicted octanol–water partition coefficient (Wildman–Crippen LogP) is 0.517.